The van der Waals surface area contributed by atoms with Gasteiger partial charge in [-0.15, -0.1) is 0 Å². The number of amides is 1. The first-order valence-corrected chi connectivity index (χ1v) is 7.12. The highest BCUT2D eigenvalue weighted by Gasteiger charge is 2.29. The van der Waals surface area contributed by atoms with E-state index in [9.17, 15) is 9.18 Å². The lowest BCUT2D eigenvalue weighted by atomic mass is 9.86. The third-order valence-electron chi connectivity index (χ3n) is 4.12. The first-order chi connectivity index (χ1) is 9.54. The zero-order valence-electron chi connectivity index (χ0n) is 13.7. The standard InChI is InChI=1S/C16H26FN3O/c1-10(20(6)11(2)16(3,4)5)15(21)19-12-7-8-13(17)14(18)9-12/h7-11H,18H2,1-6H3,(H,19,21). The summed E-state index contributed by atoms with van der Waals surface area (Å²) >= 11 is 0. The minimum absolute atomic E-state index is 0.0249. The van der Waals surface area contributed by atoms with E-state index in [4.69, 9.17) is 5.73 Å². The normalized spacial score (nSPS) is 14.9. The van der Waals surface area contributed by atoms with Gasteiger partial charge in [0.15, 0.2) is 0 Å². The van der Waals surface area contributed by atoms with Gasteiger partial charge in [-0.2, -0.15) is 0 Å². The second kappa shape index (κ2) is 6.43. The molecule has 0 saturated carbocycles. The molecule has 0 aliphatic heterocycles. The zero-order chi connectivity index (χ0) is 16.4. The van der Waals surface area contributed by atoms with Gasteiger partial charge in [0.25, 0.3) is 0 Å². The highest BCUT2D eigenvalue weighted by atomic mass is 19.1. The van der Waals surface area contributed by atoms with Gasteiger partial charge >= 0.3 is 0 Å². The quantitative estimate of drug-likeness (QED) is 0.839. The summed E-state index contributed by atoms with van der Waals surface area (Å²) in [5, 5.41) is 2.77. The van der Waals surface area contributed by atoms with Crippen LogP contribution < -0.4 is 11.1 Å². The Balaban J connectivity index is 2.76. The number of hydrogen-bond donors (Lipinski definition) is 2. The van der Waals surface area contributed by atoms with Crippen molar-refractivity contribution in [1.82, 2.24) is 4.90 Å². The number of carbonyl (C=O) groups excluding carboxylic acids is 1. The topological polar surface area (TPSA) is 58.4 Å². The van der Waals surface area contributed by atoms with Crippen LogP contribution in [0, 0.1) is 11.2 Å². The number of benzene rings is 1. The fraction of sp³-hybridized carbons (Fsp3) is 0.562. The smallest absolute Gasteiger partial charge is 0.241 e. The maximum absolute atomic E-state index is 13.1. The fourth-order valence-electron chi connectivity index (χ4n) is 2.00. The number of nitrogens with one attached hydrogen (secondary N) is 1. The molecular weight excluding hydrogens is 269 g/mol. The number of nitrogens with zero attached hydrogens (tertiary/aromatic N) is 1. The minimum atomic E-state index is -0.487. The van der Waals surface area contributed by atoms with Gasteiger partial charge in [-0.1, -0.05) is 20.8 Å². The van der Waals surface area contributed by atoms with Gasteiger partial charge < -0.3 is 11.1 Å². The van der Waals surface area contributed by atoms with Crippen molar-refractivity contribution in [2.45, 2.75) is 46.7 Å². The van der Waals surface area contributed by atoms with Crippen LogP contribution in [0.3, 0.4) is 0 Å². The van der Waals surface area contributed by atoms with Crippen molar-refractivity contribution >= 4 is 17.3 Å². The average Bonchev–Trinajstić information content (AvgIpc) is 2.39. The lowest BCUT2D eigenvalue weighted by Gasteiger charge is -2.38. The molecule has 2 unspecified atom stereocenters. The largest absolute Gasteiger partial charge is 0.396 e. The summed E-state index contributed by atoms with van der Waals surface area (Å²) in [4.78, 5) is 14.3. The van der Waals surface area contributed by atoms with Crippen LogP contribution in [-0.4, -0.2) is 29.9 Å². The minimum Gasteiger partial charge on any atom is -0.396 e. The van der Waals surface area contributed by atoms with E-state index in [0.717, 1.165) is 0 Å². The molecule has 3 N–H and O–H groups in total. The molecule has 0 aliphatic rings. The molecule has 1 aromatic carbocycles. The van der Waals surface area contributed by atoms with E-state index in [-0.39, 0.29) is 29.1 Å². The first-order valence-electron chi connectivity index (χ1n) is 7.12. The van der Waals surface area contributed by atoms with Crippen LogP contribution in [0.5, 0.6) is 0 Å². The number of rotatable bonds is 4. The summed E-state index contributed by atoms with van der Waals surface area (Å²) in [6.07, 6.45) is 0. The molecule has 5 heteroatoms. The maximum atomic E-state index is 13.1. The first kappa shape index (κ1) is 17.4. The maximum Gasteiger partial charge on any atom is 0.241 e. The van der Waals surface area contributed by atoms with Gasteiger partial charge in [0, 0.05) is 11.7 Å². The average molecular weight is 295 g/mol. The van der Waals surface area contributed by atoms with Crippen molar-refractivity contribution in [1.29, 1.82) is 0 Å². The highest BCUT2D eigenvalue weighted by molar-refractivity contribution is 5.94. The third-order valence-corrected chi connectivity index (χ3v) is 4.12. The number of halogens is 1. The molecule has 2 atom stereocenters. The van der Waals surface area contributed by atoms with E-state index >= 15 is 0 Å². The van der Waals surface area contributed by atoms with Crippen molar-refractivity contribution in [3.8, 4) is 0 Å². The molecule has 1 aromatic rings. The second-order valence-electron chi connectivity index (χ2n) is 6.61. The summed E-state index contributed by atoms with van der Waals surface area (Å²) in [6, 6.07) is 4.11. The summed E-state index contributed by atoms with van der Waals surface area (Å²) in [5.41, 5.74) is 6.10. The fourth-order valence-corrected chi connectivity index (χ4v) is 2.00. The molecule has 0 bridgehead atoms. The predicted octanol–water partition coefficient (Wildman–Crippen LogP) is 3.10. The number of nitrogen functional groups attached to an aromatic ring is 1. The van der Waals surface area contributed by atoms with Crippen molar-refractivity contribution < 1.29 is 9.18 Å². The van der Waals surface area contributed by atoms with Crippen LogP contribution >= 0.6 is 0 Å². The van der Waals surface area contributed by atoms with Crippen LogP contribution in [0.4, 0.5) is 15.8 Å². The van der Waals surface area contributed by atoms with Gasteiger partial charge in [0.1, 0.15) is 5.82 Å². The van der Waals surface area contributed by atoms with E-state index in [1.54, 1.807) is 0 Å². The van der Waals surface area contributed by atoms with E-state index < -0.39 is 5.82 Å². The Morgan fingerprint density at radius 2 is 1.90 bits per heavy atom. The lowest BCUT2D eigenvalue weighted by molar-refractivity contribution is -0.121. The lowest BCUT2D eigenvalue weighted by Crippen LogP contribution is -2.48. The second-order valence-corrected chi connectivity index (χ2v) is 6.61. The van der Waals surface area contributed by atoms with E-state index in [1.165, 1.54) is 18.2 Å². The van der Waals surface area contributed by atoms with Gasteiger partial charge in [-0.3, -0.25) is 9.69 Å². The Morgan fingerprint density at radius 1 is 1.33 bits per heavy atom. The molecule has 0 aliphatic carbocycles. The number of carbonyl (C=O) groups is 1. The van der Waals surface area contributed by atoms with Crippen molar-refractivity contribution in [2.75, 3.05) is 18.1 Å². The van der Waals surface area contributed by atoms with Gasteiger partial charge in [0.05, 0.1) is 11.7 Å². The van der Waals surface area contributed by atoms with Crippen LogP contribution in [-0.2, 0) is 4.79 Å². The molecule has 118 valence electrons. The molecule has 21 heavy (non-hydrogen) atoms. The summed E-state index contributed by atoms with van der Waals surface area (Å²) < 4.78 is 13.1. The molecule has 0 spiro atoms. The van der Waals surface area contributed by atoms with Crippen LogP contribution in [0.1, 0.15) is 34.6 Å². The van der Waals surface area contributed by atoms with Crippen LogP contribution in [0.15, 0.2) is 18.2 Å². The molecule has 0 radical (unpaired) electrons. The van der Waals surface area contributed by atoms with Crippen molar-refractivity contribution in [2.24, 2.45) is 5.41 Å². The Hall–Kier alpha value is -1.62. The number of nitrogens with two attached hydrogens (primary N) is 1. The molecule has 4 nitrogen and oxygen atoms in total. The predicted molar refractivity (Wildman–Crippen MR) is 85.6 cm³/mol. The number of anilines is 2. The van der Waals surface area contributed by atoms with Gasteiger partial charge in [-0.25, -0.2) is 4.39 Å². The van der Waals surface area contributed by atoms with Crippen LogP contribution in [0.2, 0.25) is 0 Å². The summed E-state index contributed by atoms with van der Waals surface area (Å²) in [6.45, 7) is 10.4. The molecular formula is C16H26FN3O. The molecule has 1 amide bonds. The van der Waals surface area contributed by atoms with E-state index in [2.05, 4.69) is 33.0 Å². The molecule has 0 saturated heterocycles. The van der Waals surface area contributed by atoms with Gasteiger partial charge in [-0.05, 0) is 44.5 Å². The molecule has 0 aromatic heterocycles. The molecule has 1 rings (SSSR count). The number of likely N-dealkylation sites (N-methyl/N-ethyl adjacent to an activating group) is 1. The van der Waals surface area contributed by atoms with Crippen LogP contribution in [0.25, 0.3) is 0 Å². The Labute approximate surface area is 126 Å². The Bertz CT molecular complexity index is 511. The third kappa shape index (κ3) is 4.43. The summed E-state index contributed by atoms with van der Waals surface area (Å²) in [5.74, 6) is -0.626. The van der Waals surface area contributed by atoms with Crippen molar-refractivity contribution in [3.05, 3.63) is 24.0 Å². The van der Waals surface area contributed by atoms with E-state index in [0.29, 0.717) is 5.69 Å². The Morgan fingerprint density at radius 3 is 2.38 bits per heavy atom. The SMILES string of the molecule is CC(C(=O)Nc1ccc(F)c(N)c1)N(C)C(C)C(C)(C)C. The highest BCUT2D eigenvalue weighted by Crippen LogP contribution is 2.25. The summed E-state index contributed by atoms with van der Waals surface area (Å²) in [7, 11) is 1.93. The number of hydrogen-bond acceptors (Lipinski definition) is 3. The van der Waals surface area contributed by atoms with Gasteiger partial charge in [0.2, 0.25) is 5.91 Å². The monoisotopic (exact) mass is 295 g/mol. The molecule has 0 fully saturated rings. The Kier molecular flexibility index (Phi) is 5.34. The molecule has 0 heterocycles. The zero-order valence-corrected chi connectivity index (χ0v) is 13.7. The van der Waals surface area contributed by atoms with Crippen molar-refractivity contribution in [3.63, 3.8) is 0 Å². The van der Waals surface area contributed by atoms with E-state index in [1.807, 2.05) is 18.9 Å².